The molecule has 3 N–H and O–H groups in total. The van der Waals surface area contributed by atoms with Gasteiger partial charge in [-0.05, 0) is 24.3 Å². The maximum absolute atomic E-state index is 6.38. The number of halogens is 2. The highest BCUT2D eigenvalue weighted by Crippen LogP contribution is 2.35. The molecule has 0 aliphatic rings. The fourth-order valence-electron chi connectivity index (χ4n) is 2.15. The fraction of sp³-hybridized carbons (Fsp3) is 0.462. The lowest BCUT2D eigenvalue weighted by Crippen LogP contribution is -2.29. The number of thiophene rings is 1. The van der Waals surface area contributed by atoms with Gasteiger partial charge in [-0.15, -0.1) is 11.3 Å². The van der Waals surface area contributed by atoms with Crippen LogP contribution in [0.5, 0.6) is 0 Å². The van der Waals surface area contributed by atoms with Crippen LogP contribution in [0.15, 0.2) is 5.38 Å². The van der Waals surface area contributed by atoms with Crippen molar-refractivity contribution in [3.05, 3.63) is 37.3 Å². The molecular formula is C13H18Cl2N4S. The van der Waals surface area contributed by atoms with Crippen LogP contribution in [0.25, 0.3) is 0 Å². The van der Waals surface area contributed by atoms with Crippen LogP contribution < -0.4 is 11.3 Å². The number of aromatic nitrogens is 2. The smallest absolute Gasteiger partial charge is 0.0850 e. The van der Waals surface area contributed by atoms with Crippen LogP contribution in [0, 0.1) is 6.92 Å². The molecule has 0 saturated heterocycles. The molecule has 110 valence electrons. The molecule has 4 nitrogen and oxygen atoms in total. The fourth-order valence-corrected chi connectivity index (χ4v) is 3.90. The Kier molecular flexibility index (Phi) is 5.09. The highest BCUT2D eigenvalue weighted by Gasteiger charge is 2.22. The van der Waals surface area contributed by atoms with Crippen molar-refractivity contribution in [2.75, 3.05) is 0 Å². The normalized spacial score (nSPS) is 12.9. The molecule has 0 spiro atoms. The van der Waals surface area contributed by atoms with Crippen LogP contribution in [-0.4, -0.2) is 9.78 Å². The summed E-state index contributed by atoms with van der Waals surface area (Å²) >= 11 is 14.3. The standard InChI is InChI=1S/C13H18Cl2N4S/c1-4-8-12(15)10(19(3)18-8)5-9(17-16)13-11(14)7(2)6-20-13/h6,9,17H,4-5,16H2,1-3H3. The zero-order chi connectivity index (χ0) is 14.9. The summed E-state index contributed by atoms with van der Waals surface area (Å²) < 4.78 is 1.82. The topological polar surface area (TPSA) is 55.9 Å². The number of hydrogen-bond donors (Lipinski definition) is 2. The first-order valence-electron chi connectivity index (χ1n) is 6.39. The average Bonchev–Trinajstić information content (AvgIpc) is 2.90. The molecule has 7 heteroatoms. The second-order valence-electron chi connectivity index (χ2n) is 4.70. The molecule has 0 aliphatic heterocycles. The molecule has 2 heterocycles. The Morgan fingerprint density at radius 1 is 1.45 bits per heavy atom. The van der Waals surface area contributed by atoms with E-state index in [0.29, 0.717) is 6.42 Å². The van der Waals surface area contributed by atoms with E-state index in [1.165, 1.54) is 0 Å². The average molecular weight is 333 g/mol. The highest BCUT2D eigenvalue weighted by atomic mass is 35.5. The van der Waals surface area contributed by atoms with Gasteiger partial charge in [0.1, 0.15) is 0 Å². The molecule has 0 amide bonds. The molecule has 0 aromatic carbocycles. The van der Waals surface area contributed by atoms with E-state index in [9.17, 15) is 0 Å². The van der Waals surface area contributed by atoms with Gasteiger partial charge >= 0.3 is 0 Å². The molecule has 0 fully saturated rings. The number of aryl methyl sites for hydroxylation is 3. The first-order valence-corrected chi connectivity index (χ1v) is 8.02. The van der Waals surface area contributed by atoms with Gasteiger partial charge in [-0.25, -0.2) is 0 Å². The van der Waals surface area contributed by atoms with Gasteiger partial charge in [-0.1, -0.05) is 30.1 Å². The maximum atomic E-state index is 6.38. The molecular weight excluding hydrogens is 315 g/mol. The minimum Gasteiger partial charge on any atom is -0.271 e. The predicted molar refractivity (Wildman–Crippen MR) is 85.4 cm³/mol. The Morgan fingerprint density at radius 3 is 2.60 bits per heavy atom. The lowest BCUT2D eigenvalue weighted by atomic mass is 10.1. The minimum absolute atomic E-state index is 0.0705. The summed E-state index contributed by atoms with van der Waals surface area (Å²) in [5.74, 6) is 5.70. The molecule has 1 atom stereocenters. The lowest BCUT2D eigenvalue weighted by Gasteiger charge is -2.15. The molecule has 0 bridgehead atoms. The predicted octanol–water partition coefficient (Wildman–Crippen LogP) is 3.41. The first kappa shape index (κ1) is 15.8. The van der Waals surface area contributed by atoms with Crippen LogP contribution in [0.4, 0.5) is 0 Å². The van der Waals surface area contributed by atoms with E-state index < -0.39 is 0 Å². The molecule has 0 radical (unpaired) electrons. The molecule has 0 saturated carbocycles. The third-order valence-corrected chi connectivity index (χ3v) is 5.61. The molecule has 2 aromatic rings. The van der Waals surface area contributed by atoms with Gasteiger partial charge in [0.2, 0.25) is 0 Å². The Bertz CT molecular complexity index is 606. The van der Waals surface area contributed by atoms with Crippen molar-refractivity contribution in [1.29, 1.82) is 0 Å². The number of hydrazine groups is 1. The van der Waals surface area contributed by atoms with Crippen molar-refractivity contribution in [2.24, 2.45) is 12.9 Å². The first-order chi connectivity index (χ1) is 9.49. The maximum Gasteiger partial charge on any atom is 0.0850 e. The van der Waals surface area contributed by atoms with Crippen molar-refractivity contribution in [2.45, 2.75) is 32.7 Å². The van der Waals surface area contributed by atoms with Crippen molar-refractivity contribution in [3.8, 4) is 0 Å². The second-order valence-corrected chi connectivity index (χ2v) is 6.37. The van der Waals surface area contributed by atoms with Crippen molar-refractivity contribution >= 4 is 34.5 Å². The molecule has 2 rings (SSSR count). The van der Waals surface area contributed by atoms with Gasteiger partial charge in [-0.2, -0.15) is 5.10 Å². The van der Waals surface area contributed by atoms with Gasteiger partial charge in [0, 0.05) is 18.3 Å². The Morgan fingerprint density at radius 2 is 2.15 bits per heavy atom. The second kappa shape index (κ2) is 6.45. The monoisotopic (exact) mass is 332 g/mol. The van der Waals surface area contributed by atoms with Crippen molar-refractivity contribution in [3.63, 3.8) is 0 Å². The summed E-state index contributed by atoms with van der Waals surface area (Å²) in [7, 11) is 1.90. The van der Waals surface area contributed by atoms with Crippen LogP contribution in [0.2, 0.25) is 10.0 Å². The number of hydrogen-bond acceptors (Lipinski definition) is 4. The van der Waals surface area contributed by atoms with E-state index in [2.05, 4.69) is 10.5 Å². The third kappa shape index (κ3) is 2.87. The van der Waals surface area contributed by atoms with Gasteiger partial charge in [0.05, 0.1) is 27.5 Å². The minimum atomic E-state index is -0.0705. The Hall–Kier alpha value is -0.590. The van der Waals surface area contributed by atoms with Gasteiger partial charge < -0.3 is 0 Å². The van der Waals surface area contributed by atoms with E-state index in [0.717, 1.165) is 38.3 Å². The van der Waals surface area contributed by atoms with E-state index in [1.807, 2.05) is 31.0 Å². The van der Waals surface area contributed by atoms with Gasteiger partial charge in [0.15, 0.2) is 0 Å². The van der Waals surface area contributed by atoms with Crippen LogP contribution in [-0.2, 0) is 19.9 Å². The Labute approximate surface area is 132 Å². The SMILES string of the molecule is CCc1nn(C)c(CC(NN)c2scc(C)c2Cl)c1Cl. The van der Waals surface area contributed by atoms with Gasteiger partial charge in [0.25, 0.3) is 0 Å². The van der Waals surface area contributed by atoms with Crippen LogP contribution in [0.3, 0.4) is 0 Å². The van der Waals surface area contributed by atoms with Crippen molar-refractivity contribution < 1.29 is 0 Å². The molecule has 0 aliphatic carbocycles. The van der Waals surface area contributed by atoms with E-state index in [-0.39, 0.29) is 6.04 Å². The molecule has 20 heavy (non-hydrogen) atoms. The summed E-state index contributed by atoms with van der Waals surface area (Å²) in [4.78, 5) is 1.03. The third-order valence-electron chi connectivity index (χ3n) is 3.34. The van der Waals surface area contributed by atoms with Gasteiger partial charge in [-0.3, -0.25) is 16.0 Å². The molecule has 1 unspecified atom stereocenters. The number of nitrogens with zero attached hydrogens (tertiary/aromatic N) is 2. The quantitative estimate of drug-likeness (QED) is 0.651. The zero-order valence-corrected chi connectivity index (χ0v) is 14.0. The van der Waals surface area contributed by atoms with E-state index in [4.69, 9.17) is 29.0 Å². The summed E-state index contributed by atoms with van der Waals surface area (Å²) in [6.45, 7) is 4.03. The summed E-state index contributed by atoms with van der Waals surface area (Å²) in [5.41, 5.74) is 5.77. The van der Waals surface area contributed by atoms with E-state index in [1.54, 1.807) is 11.3 Å². The summed E-state index contributed by atoms with van der Waals surface area (Å²) in [6.07, 6.45) is 1.46. The summed E-state index contributed by atoms with van der Waals surface area (Å²) in [6, 6.07) is -0.0705. The number of rotatable bonds is 5. The zero-order valence-electron chi connectivity index (χ0n) is 11.7. The van der Waals surface area contributed by atoms with Crippen molar-refractivity contribution in [1.82, 2.24) is 15.2 Å². The Balaban J connectivity index is 2.32. The lowest BCUT2D eigenvalue weighted by molar-refractivity contribution is 0.537. The number of nitrogens with two attached hydrogens (primary N) is 1. The van der Waals surface area contributed by atoms with Crippen LogP contribution >= 0.6 is 34.5 Å². The van der Waals surface area contributed by atoms with Crippen LogP contribution in [0.1, 0.15) is 34.8 Å². The number of nitrogens with one attached hydrogen (secondary N) is 1. The summed E-state index contributed by atoms with van der Waals surface area (Å²) in [5, 5.41) is 7.95. The molecule has 2 aromatic heterocycles. The van der Waals surface area contributed by atoms with E-state index >= 15 is 0 Å². The largest absolute Gasteiger partial charge is 0.271 e. The highest BCUT2D eigenvalue weighted by molar-refractivity contribution is 7.10.